The molecule has 16 nitrogen and oxygen atoms in total. The van der Waals surface area contributed by atoms with Crippen LogP contribution in [0.25, 0.3) is 0 Å². The van der Waals surface area contributed by atoms with Crippen molar-refractivity contribution < 1.29 is 47.8 Å². The van der Waals surface area contributed by atoms with E-state index in [1.807, 2.05) is 51.1 Å². The molecule has 0 saturated carbocycles. The maximum Gasteiger partial charge on any atom is 0.329 e. The van der Waals surface area contributed by atoms with E-state index < -0.39 is 120 Å². The highest BCUT2D eigenvalue weighted by Crippen LogP contribution is 2.29. The van der Waals surface area contributed by atoms with Crippen LogP contribution in [-0.4, -0.2) is 142 Å². The Morgan fingerprint density at radius 3 is 1.67 bits per heavy atom. The van der Waals surface area contributed by atoms with Crippen LogP contribution in [0.3, 0.4) is 0 Å². The van der Waals surface area contributed by atoms with E-state index >= 15 is 0 Å². The highest BCUT2D eigenvalue weighted by molar-refractivity contribution is 5.97. The van der Waals surface area contributed by atoms with E-state index in [9.17, 15) is 38.4 Å². The molecular formula is C47H70N6O10. The third-order valence-corrected chi connectivity index (χ3v) is 13.3. The van der Waals surface area contributed by atoms with Gasteiger partial charge in [-0.05, 0) is 88.0 Å². The number of hydrogen-bond donors (Lipinski definition) is 2. The first kappa shape index (κ1) is 49.0. The second-order valence-electron chi connectivity index (χ2n) is 19.1. The minimum absolute atomic E-state index is 0.206. The average molecular weight is 879 g/mol. The summed E-state index contributed by atoms with van der Waals surface area (Å²) < 4.78 is 11.6. The largest absolute Gasteiger partial charge is 0.452 e. The van der Waals surface area contributed by atoms with E-state index in [4.69, 9.17) is 9.47 Å². The fraction of sp³-hybridized carbons (Fsp3) is 0.702. The third kappa shape index (κ3) is 11.0. The molecular weight excluding hydrogens is 809 g/mol. The average Bonchev–Trinajstić information content (AvgIpc) is 4.04. The fourth-order valence-electron chi connectivity index (χ4n) is 9.78. The van der Waals surface area contributed by atoms with Crippen LogP contribution >= 0.6 is 0 Å². The molecule has 0 aromatic heterocycles. The number of rotatable bonds is 6. The van der Waals surface area contributed by atoms with Gasteiger partial charge in [0.05, 0.1) is 5.92 Å². The van der Waals surface area contributed by atoms with E-state index in [-0.39, 0.29) is 32.0 Å². The summed E-state index contributed by atoms with van der Waals surface area (Å²) in [6.45, 7) is 16.4. The first-order valence-electron chi connectivity index (χ1n) is 23.0. The zero-order valence-electron chi connectivity index (χ0n) is 38.8. The van der Waals surface area contributed by atoms with Gasteiger partial charge in [0, 0.05) is 32.7 Å². The fourth-order valence-corrected chi connectivity index (χ4v) is 9.78. The predicted octanol–water partition coefficient (Wildman–Crippen LogP) is 3.10. The van der Waals surface area contributed by atoms with Crippen LogP contribution in [0.2, 0.25) is 0 Å². The number of nitrogens with zero attached hydrogens (tertiary/aromatic N) is 4. The van der Waals surface area contributed by atoms with Gasteiger partial charge in [0.25, 0.3) is 11.8 Å². The molecule has 63 heavy (non-hydrogen) atoms. The lowest BCUT2D eigenvalue weighted by atomic mass is 9.91. The molecule has 0 unspecified atom stereocenters. The summed E-state index contributed by atoms with van der Waals surface area (Å²) in [5.74, 6) is -7.03. The summed E-state index contributed by atoms with van der Waals surface area (Å²) >= 11 is 0. The summed E-state index contributed by atoms with van der Waals surface area (Å²) in [5.41, 5.74) is 0.954. The molecule has 5 rings (SSSR count). The molecule has 2 N–H and O–H groups in total. The smallest absolute Gasteiger partial charge is 0.329 e. The van der Waals surface area contributed by atoms with Gasteiger partial charge in [0.2, 0.25) is 23.6 Å². The second-order valence-corrected chi connectivity index (χ2v) is 19.1. The van der Waals surface area contributed by atoms with Crippen molar-refractivity contribution in [2.24, 2.45) is 29.6 Å². The van der Waals surface area contributed by atoms with Crippen molar-refractivity contribution in [1.29, 1.82) is 0 Å². The van der Waals surface area contributed by atoms with E-state index in [2.05, 4.69) is 10.6 Å². The van der Waals surface area contributed by atoms with Crippen LogP contribution in [0, 0.1) is 29.6 Å². The normalized spacial score (nSPS) is 30.7. The van der Waals surface area contributed by atoms with Crippen LogP contribution in [0.1, 0.15) is 106 Å². The van der Waals surface area contributed by atoms with Crippen molar-refractivity contribution in [1.82, 2.24) is 30.2 Å². The van der Waals surface area contributed by atoms with Crippen molar-refractivity contribution in [3.05, 3.63) is 35.9 Å². The minimum Gasteiger partial charge on any atom is -0.452 e. The van der Waals surface area contributed by atoms with Gasteiger partial charge in [-0.3, -0.25) is 33.6 Å². The molecule has 0 bridgehead atoms. The summed E-state index contributed by atoms with van der Waals surface area (Å²) in [4.78, 5) is 120. The molecule has 0 radical (unpaired) electrons. The molecule has 4 fully saturated rings. The number of hydrogen-bond acceptors (Lipinski definition) is 10. The van der Waals surface area contributed by atoms with Gasteiger partial charge in [0.15, 0.2) is 12.2 Å². The number of fused-ring (bicyclic) bond motifs is 3. The molecule has 1 aromatic carbocycles. The van der Waals surface area contributed by atoms with Crippen LogP contribution in [0.4, 0.5) is 0 Å². The maximum absolute atomic E-state index is 14.8. The molecule has 4 aliphatic heterocycles. The van der Waals surface area contributed by atoms with Gasteiger partial charge in [-0.15, -0.1) is 0 Å². The highest BCUT2D eigenvalue weighted by atomic mass is 16.6. The summed E-state index contributed by atoms with van der Waals surface area (Å²) in [7, 11) is 1.49. The lowest BCUT2D eigenvalue weighted by molar-refractivity contribution is -0.172. The Balaban J connectivity index is 1.54. The zero-order valence-corrected chi connectivity index (χ0v) is 38.8. The molecule has 4 saturated heterocycles. The Morgan fingerprint density at radius 2 is 1.13 bits per heavy atom. The van der Waals surface area contributed by atoms with Crippen LogP contribution in [0.5, 0.6) is 0 Å². The topological polar surface area (TPSA) is 192 Å². The maximum atomic E-state index is 14.8. The van der Waals surface area contributed by atoms with Crippen LogP contribution in [-0.2, 0) is 54.3 Å². The van der Waals surface area contributed by atoms with Gasteiger partial charge in [-0.1, -0.05) is 78.8 Å². The predicted molar refractivity (Wildman–Crippen MR) is 233 cm³/mol. The van der Waals surface area contributed by atoms with E-state index in [1.54, 1.807) is 34.6 Å². The molecule has 1 aromatic rings. The molecule has 0 aliphatic carbocycles. The Hall–Kier alpha value is -5.02. The van der Waals surface area contributed by atoms with Gasteiger partial charge in [-0.25, -0.2) is 4.79 Å². The summed E-state index contributed by atoms with van der Waals surface area (Å²) in [6.07, 6.45) is 0.372. The van der Waals surface area contributed by atoms with Gasteiger partial charge >= 0.3 is 11.9 Å². The number of benzene rings is 1. The standard InChI is InChI=1S/C47H70N6O10/c1-26(2)36-30(8)46(60)62-31(9)42(56)53-24-16-21-35(53)47(61)63-39(28(5)6)45(59)50(10)38(27(3)4)44(58)52-23-15-20-34(52)41(55)49-37(29(7)25-32-17-12-11-13-18-32)43(57)51-22-14-19-33(51)40(54)48-36/h11-13,17-18,26-31,33-39H,14-16,19-25H2,1-10H3,(H,48,54)(H,49,55)/t29-,30-,31+,33+,34+,35+,36-,37+,38-,39+/m1/s1. The Morgan fingerprint density at radius 1 is 0.603 bits per heavy atom. The number of amides is 6. The van der Waals surface area contributed by atoms with Gasteiger partial charge in [0.1, 0.15) is 30.2 Å². The number of cyclic esters (lactones) is 2. The van der Waals surface area contributed by atoms with Crippen molar-refractivity contribution in [2.75, 3.05) is 26.7 Å². The van der Waals surface area contributed by atoms with Gasteiger partial charge in [-0.2, -0.15) is 0 Å². The van der Waals surface area contributed by atoms with E-state index in [1.165, 1.54) is 33.6 Å². The molecule has 0 spiro atoms. The molecule has 6 amide bonds. The molecule has 348 valence electrons. The molecule has 4 aliphatic rings. The van der Waals surface area contributed by atoms with Crippen molar-refractivity contribution in [3.8, 4) is 0 Å². The quantitative estimate of drug-likeness (QED) is 0.402. The highest BCUT2D eigenvalue weighted by Gasteiger charge is 2.47. The van der Waals surface area contributed by atoms with E-state index in [0.29, 0.717) is 38.5 Å². The van der Waals surface area contributed by atoms with Crippen molar-refractivity contribution in [3.63, 3.8) is 0 Å². The SMILES string of the molecule is CC(C)[C@@H]1OC(=O)[C@@H]2CCCN2C(=O)[C@H](C)OC(=O)[C@H](C)[C@@H](C(C)C)NC(=O)[C@@H]2CCCN2C(=O)[C@H]([C@H](C)Cc2ccccc2)NC(=O)[C@@H]2CCCN2C(=O)[C@@H](C(C)C)N(C)C1=O. The number of nitrogens with one attached hydrogen (secondary N) is 2. The van der Waals surface area contributed by atoms with Crippen LogP contribution < -0.4 is 10.6 Å². The first-order chi connectivity index (χ1) is 29.7. The monoisotopic (exact) mass is 879 g/mol. The molecule has 16 heteroatoms. The number of esters is 2. The second kappa shape index (κ2) is 21.1. The first-order valence-corrected chi connectivity index (χ1v) is 23.0. The summed E-state index contributed by atoms with van der Waals surface area (Å²) in [5, 5.41) is 6.05. The molecule has 4 heterocycles. The van der Waals surface area contributed by atoms with Crippen LogP contribution in [0.15, 0.2) is 30.3 Å². The van der Waals surface area contributed by atoms with Crippen molar-refractivity contribution >= 4 is 47.4 Å². The third-order valence-electron chi connectivity index (χ3n) is 13.3. The van der Waals surface area contributed by atoms with E-state index in [0.717, 1.165) is 5.56 Å². The molecule has 10 atom stereocenters. The number of carbonyl (C=O) groups excluding carboxylic acids is 8. The van der Waals surface area contributed by atoms with Crippen molar-refractivity contribution in [2.45, 2.75) is 156 Å². The Labute approximate surface area is 372 Å². The Bertz CT molecular complexity index is 1860. The van der Waals surface area contributed by atoms with Gasteiger partial charge < -0.3 is 39.7 Å². The Kier molecular flexibility index (Phi) is 16.4. The zero-order chi connectivity index (χ0) is 46.4. The summed E-state index contributed by atoms with van der Waals surface area (Å²) in [6, 6.07) is 3.91. The minimum atomic E-state index is -1.30. The number of likely N-dealkylation sites (N-methyl/N-ethyl adjacent to an activating group) is 1. The lowest BCUT2D eigenvalue weighted by Crippen LogP contribution is -2.61. The number of ether oxygens (including phenoxy) is 2. The lowest BCUT2D eigenvalue weighted by Gasteiger charge is -2.38. The number of carbonyl (C=O) groups is 8.